The van der Waals surface area contributed by atoms with E-state index in [1.165, 1.54) is 5.56 Å². The zero-order valence-corrected chi connectivity index (χ0v) is 12.6. The van der Waals surface area contributed by atoms with E-state index in [-0.39, 0.29) is 0 Å². The van der Waals surface area contributed by atoms with Crippen LogP contribution in [0.4, 0.5) is 0 Å². The number of hydrogen-bond donors (Lipinski definition) is 1. The molecule has 2 rings (SSSR count). The van der Waals surface area contributed by atoms with Gasteiger partial charge in [0.25, 0.3) is 0 Å². The zero-order chi connectivity index (χ0) is 14.2. The van der Waals surface area contributed by atoms with Crippen molar-refractivity contribution < 1.29 is 9.47 Å². The van der Waals surface area contributed by atoms with E-state index in [2.05, 4.69) is 30.2 Å². The summed E-state index contributed by atoms with van der Waals surface area (Å²) in [6.07, 6.45) is 6.99. The molecule has 2 heterocycles. The molecule has 112 valence electrons. The fourth-order valence-electron chi connectivity index (χ4n) is 2.58. The van der Waals surface area contributed by atoms with Crippen LogP contribution in [0.25, 0.3) is 0 Å². The molecule has 0 spiro atoms. The molecule has 0 aliphatic carbocycles. The van der Waals surface area contributed by atoms with Crippen molar-refractivity contribution in [3.8, 4) is 5.75 Å². The van der Waals surface area contributed by atoms with E-state index in [1.54, 1.807) is 6.20 Å². The number of aromatic nitrogens is 1. The van der Waals surface area contributed by atoms with Gasteiger partial charge in [-0.25, -0.2) is 0 Å². The summed E-state index contributed by atoms with van der Waals surface area (Å²) >= 11 is 0. The predicted molar refractivity (Wildman–Crippen MR) is 80.0 cm³/mol. The first kappa shape index (κ1) is 15.3. The maximum absolute atomic E-state index is 5.69. The van der Waals surface area contributed by atoms with Crippen molar-refractivity contribution >= 4 is 0 Å². The Balaban J connectivity index is 2.09. The molecular formula is C16H26N2O2. The molecule has 0 saturated carbocycles. The van der Waals surface area contributed by atoms with Crippen LogP contribution in [0.1, 0.15) is 44.7 Å². The summed E-state index contributed by atoms with van der Waals surface area (Å²) in [5.74, 6) is 1.40. The Morgan fingerprint density at radius 2 is 2.30 bits per heavy atom. The smallest absolute Gasteiger partial charge is 0.137 e. The van der Waals surface area contributed by atoms with E-state index in [9.17, 15) is 0 Å². The van der Waals surface area contributed by atoms with Gasteiger partial charge in [0, 0.05) is 24.8 Å². The molecule has 0 amide bonds. The Labute approximate surface area is 121 Å². The highest BCUT2D eigenvalue weighted by Gasteiger charge is 2.27. The minimum atomic E-state index is 0.315. The maximum Gasteiger partial charge on any atom is 0.137 e. The fourth-order valence-corrected chi connectivity index (χ4v) is 2.58. The van der Waals surface area contributed by atoms with Gasteiger partial charge < -0.3 is 14.8 Å². The van der Waals surface area contributed by atoms with Gasteiger partial charge in [-0.2, -0.15) is 0 Å². The summed E-state index contributed by atoms with van der Waals surface area (Å²) in [6, 6.07) is 2.43. The van der Waals surface area contributed by atoms with Gasteiger partial charge in [-0.1, -0.05) is 13.8 Å². The highest BCUT2D eigenvalue weighted by molar-refractivity contribution is 5.26. The van der Waals surface area contributed by atoms with E-state index in [0.717, 1.165) is 51.4 Å². The van der Waals surface area contributed by atoms with Crippen LogP contribution in [0.15, 0.2) is 18.5 Å². The van der Waals surface area contributed by atoms with Gasteiger partial charge in [-0.15, -0.1) is 0 Å². The SMILES string of the molecule is CCCNC(c1cncc(OCCC)c1)C1CCOC1. The molecule has 2 unspecified atom stereocenters. The third-order valence-electron chi connectivity index (χ3n) is 3.62. The lowest BCUT2D eigenvalue weighted by atomic mass is 9.93. The molecule has 1 fully saturated rings. The van der Waals surface area contributed by atoms with Crippen molar-refractivity contribution in [2.75, 3.05) is 26.4 Å². The molecule has 0 aromatic carbocycles. The van der Waals surface area contributed by atoms with E-state index in [0.29, 0.717) is 12.0 Å². The molecule has 4 nitrogen and oxygen atoms in total. The average Bonchev–Trinajstić information content (AvgIpc) is 3.00. The van der Waals surface area contributed by atoms with E-state index in [1.807, 2.05) is 6.20 Å². The van der Waals surface area contributed by atoms with Crippen LogP contribution in [-0.4, -0.2) is 31.3 Å². The van der Waals surface area contributed by atoms with Crippen LogP contribution in [0.3, 0.4) is 0 Å². The first-order valence-corrected chi connectivity index (χ1v) is 7.74. The third kappa shape index (κ3) is 4.18. The van der Waals surface area contributed by atoms with E-state index in [4.69, 9.17) is 9.47 Å². The molecule has 1 saturated heterocycles. The van der Waals surface area contributed by atoms with Gasteiger partial charge in [0.1, 0.15) is 5.75 Å². The highest BCUT2D eigenvalue weighted by Crippen LogP contribution is 2.30. The molecule has 1 N–H and O–H groups in total. The van der Waals surface area contributed by atoms with Gasteiger partial charge in [0.05, 0.1) is 19.4 Å². The fraction of sp³-hybridized carbons (Fsp3) is 0.688. The lowest BCUT2D eigenvalue weighted by Gasteiger charge is -2.24. The molecule has 2 atom stereocenters. The molecule has 4 heteroatoms. The Morgan fingerprint density at radius 1 is 1.40 bits per heavy atom. The largest absolute Gasteiger partial charge is 0.492 e. The van der Waals surface area contributed by atoms with Crippen molar-refractivity contribution in [1.29, 1.82) is 0 Å². The molecular weight excluding hydrogens is 252 g/mol. The van der Waals surface area contributed by atoms with Gasteiger partial charge in [0.2, 0.25) is 0 Å². The van der Waals surface area contributed by atoms with Crippen molar-refractivity contribution in [1.82, 2.24) is 10.3 Å². The second-order valence-electron chi connectivity index (χ2n) is 5.36. The Hall–Kier alpha value is -1.13. The number of pyridine rings is 1. The molecule has 1 aliphatic rings. The van der Waals surface area contributed by atoms with Crippen molar-refractivity contribution in [3.05, 3.63) is 24.0 Å². The van der Waals surface area contributed by atoms with Crippen molar-refractivity contribution in [2.45, 2.75) is 39.2 Å². The van der Waals surface area contributed by atoms with Gasteiger partial charge in [-0.05, 0) is 37.4 Å². The summed E-state index contributed by atoms with van der Waals surface area (Å²) in [5.41, 5.74) is 1.21. The van der Waals surface area contributed by atoms with Gasteiger partial charge in [0.15, 0.2) is 0 Å². The Bertz CT molecular complexity index is 392. The lowest BCUT2D eigenvalue weighted by molar-refractivity contribution is 0.176. The molecule has 1 aliphatic heterocycles. The second-order valence-corrected chi connectivity index (χ2v) is 5.36. The summed E-state index contributed by atoms with van der Waals surface area (Å²) in [4.78, 5) is 4.33. The van der Waals surface area contributed by atoms with Crippen molar-refractivity contribution in [2.24, 2.45) is 5.92 Å². The normalized spacial score (nSPS) is 20.0. The second kappa shape index (κ2) is 8.22. The monoisotopic (exact) mass is 278 g/mol. The molecule has 0 radical (unpaired) electrons. The van der Waals surface area contributed by atoms with Gasteiger partial charge >= 0.3 is 0 Å². The predicted octanol–water partition coefficient (Wildman–Crippen LogP) is 2.95. The zero-order valence-electron chi connectivity index (χ0n) is 12.6. The topological polar surface area (TPSA) is 43.4 Å². The summed E-state index contributed by atoms with van der Waals surface area (Å²) in [6.45, 7) is 7.76. The average molecular weight is 278 g/mol. The number of hydrogen-bond acceptors (Lipinski definition) is 4. The highest BCUT2D eigenvalue weighted by atomic mass is 16.5. The Kier molecular flexibility index (Phi) is 6.27. The van der Waals surface area contributed by atoms with Crippen LogP contribution < -0.4 is 10.1 Å². The van der Waals surface area contributed by atoms with Crippen LogP contribution in [0, 0.1) is 5.92 Å². The molecule has 1 aromatic heterocycles. The first-order valence-electron chi connectivity index (χ1n) is 7.74. The standard InChI is InChI=1S/C16H26N2O2/c1-3-6-18-16(13-5-8-19-12-13)14-9-15(11-17-10-14)20-7-4-2/h9-11,13,16,18H,3-8,12H2,1-2H3. The summed E-state index contributed by atoms with van der Waals surface area (Å²) in [5, 5.41) is 3.64. The lowest BCUT2D eigenvalue weighted by Crippen LogP contribution is -2.29. The maximum atomic E-state index is 5.69. The summed E-state index contributed by atoms with van der Waals surface area (Å²) < 4.78 is 11.2. The van der Waals surface area contributed by atoms with Gasteiger partial charge in [-0.3, -0.25) is 4.98 Å². The summed E-state index contributed by atoms with van der Waals surface area (Å²) in [7, 11) is 0. The first-order chi connectivity index (χ1) is 9.85. The minimum absolute atomic E-state index is 0.315. The van der Waals surface area contributed by atoms with Crippen LogP contribution >= 0.6 is 0 Å². The Morgan fingerprint density at radius 3 is 3.00 bits per heavy atom. The van der Waals surface area contributed by atoms with Crippen LogP contribution in [0.5, 0.6) is 5.75 Å². The van der Waals surface area contributed by atoms with E-state index >= 15 is 0 Å². The molecule has 0 bridgehead atoms. The minimum Gasteiger partial charge on any atom is -0.492 e. The number of nitrogens with zero attached hydrogens (tertiary/aromatic N) is 1. The number of rotatable bonds is 8. The molecule has 20 heavy (non-hydrogen) atoms. The number of nitrogens with one attached hydrogen (secondary N) is 1. The van der Waals surface area contributed by atoms with Crippen LogP contribution in [-0.2, 0) is 4.74 Å². The van der Waals surface area contributed by atoms with E-state index < -0.39 is 0 Å². The van der Waals surface area contributed by atoms with Crippen LogP contribution in [0.2, 0.25) is 0 Å². The quantitative estimate of drug-likeness (QED) is 0.794. The third-order valence-corrected chi connectivity index (χ3v) is 3.62. The number of ether oxygens (including phenoxy) is 2. The van der Waals surface area contributed by atoms with Crippen molar-refractivity contribution in [3.63, 3.8) is 0 Å². The molecule has 1 aromatic rings.